The van der Waals surface area contributed by atoms with Crippen LogP contribution in [0.5, 0.6) is 0 Å². The lowest BCUT2D eigenvalue weighted by molar-refractivity contribution is -0.129. The zero-order valence-corrected chi connectivity index (χ0v) is 14.2. The van der Waals surface area contributed by atoms with Crippen molar-refractivity contribution in [2.45, 2.75) is 52.1 Å². The van der Waals surface area contributed by atoms with Crippen LogP contribution in [-0.4, -0.2) is 24.5 Å². The van der Waals surface area contributed by atoms with Crippen LogP contribution in [0, 0.1) is 12.7 Å². The Bertz CT molecular complexity index is 639. The molecule has 0 spiro atoms. The lowest BCUT2D eigenvalue weighted by atomic mass is 9.97. The number of carbonyl (C=O) groups is 2. The Morgan fingerprint density at radius 3 is 2.79 bits per heavy atom. The molecule has 0 unspecified atom stereocenters. The Balaban J connectivity index is 1.78. The Labute approximate surface area is 142 Å². The molecule has 0 radical (unpaired) electrons. The van der Waals surface area contributed by atoms with Gasteiger partial charge in [0.25, 0.3) is 5.91 Å². The summed E-state index contributed by atoms with van der Waals surface area (Å²) >= 11 is 0. The minimum Gasteiger partial charge on any atom is -0.449 e. The minimum absolute atomic E-state index is 0.102. The quantitative estimate of drug-likeness (QED) is 0.638. The molecular formula is C19H24FNO3. The van der Waals surface area contributed by atoms with Gasteiger partial charge in [-0.25, -0.2) is 9.18 Å². The Morgan fingerprint density at radius 1 is 1.33 bits per heavy atom. The number of rotatable bonds is 6. The second-order valence-corrected chi connectivity index (χ2v) is 6.16. The van der Waals surface area contributed by atoms with Gasteiger partial charge in [-0.2, -0.15) is 0 Å². The summed E-state index contributed by atoms with van der Waals surface area (Å²) in [5, 5.41) is 2.78. The Morgan fingerprint density at radius 2 is 2.12 bits per heavy atom. The monoisotopic (exact) mass is 333 g/mol. The van der Waals surface area contributed by atoms with Crippen LogP contribution in [0.4, 0.5) is 4.39 Å². The first-order valence-electron chi connectivity index (χ1n) is 8.40. The second kappa shape index (κ2) is 8.62. The molecule has 24 heavy (non-hydrogen) atoms. The van der Waals surface area contributed by atoms with Crippen molar-refractivity contribution in [2.24, 2.45) is 0 Å². The molecule has 0 aliphatic heterocycles. The molecule has 0 heterocycles. The molecule has 1 N–H and O–H groups in total. The molecule has 1 amide bonds. The van der Waals surface area contributed by atoms with Crippen LogP contribution in [0.2, 0.25) is 0 Å². The molecule has 5 heteroatoms. The number of nitrogens with one attached hydrogen (secondary N) is 1. The molecule has 4 nitrogen and oxygen atoms in total. The summed E-state index contributed by atoms with van der Waals surface area (Å²) in [6.45, 7) is 3.66. The van der Waals surface area contributed by atoms with Gasteiger partial charge in [-0.15, -0.1) is 0 Å². The first-order valence-corrected chi connectivity index (χ1v) is 8.40. The maximum absolute atomic E-state index is 13.5. The number of benzene rings is 1. The summed E-state index contributed by atoms with van der Waals surface area (Å²) in [5.41, 5.74) is 1.93. The molecule has 0 fully saturated rings. The second-order valence-electron chi connectivity index (χ2n) is 6.16. The predicted molar refractivity (Wildman–Crippen MR) is 90.2 cm³/mol. The molecule has 0 saturated heterocycles. The van der Waals surface area contributed by atoms with Crippen molar-refractivity contribution in [1.82, 2.24) is 5.32 Å². The van der Waals surface area contributed by atoms with E-state index in [1.807, 2.05) is 0 Å². The van der Waals surface area contributed by atoms with E-state index in [1.165, 1.54) is 37.5 Å². The van der Waals surface area contributed by atoms with Gasteiger partial charge in [0.1, 0.15) is 5.82 Å². The summed E-state index contributed by atoms with van der Waals surface area (Å²) in [7, 11) is 0. The van der Waals surface area contributed by atoms with E-state index in [-0.39, 0.29) is 11.5 Å². The fraction of sp³-hybridized carbons (Fsp3) is 0.474. The maximum Gasteiger partial charge on any atom is 0.339 e. The zero-order valence-electron chi connectivity index (χ0n) is 14.2. The van der Waals surface area contributed by atoms with Crippen LogP contribution in [0.25, 0.3) is 0 Å². The van der Waals surface area contributed by atoms with Crippen molar-refractivity contribution in [1.29, 1.82) is 0 Å². The number of carbonyl (C=O) groups excluding carboxylic acids is 2. The van der Waals surface area contributed by atoms with Crippen LogP contribution < -0.4 is 5.32 Å². The zero-order chi connectivity index (χ0) is 17.5. The number of esters is 1. The van der Waals surface area contributed by atoms with Crippen molar-refractivity contribution in [2.75, 3.05) is 6.54 Å². The summed E-state index contributed by atoms with van der Waals surface area (Å²) in [6.07, 6.45) is 6.82. The smallest absolute Gasteiger partial charge is 0.339 e. The third-order valence-electron chi connectivity index (χ3n) is 4.19. The topological polar surface area (TPSA) is 55.4 Å². The molecule has 0 aromatic heterocycles. The fourth-order valence-electron chi connectivity index (χ4n) is 2.62. The Hall–Kier alpha value is -2.17. The number of allylic oxidation sites excluding steroid dienone is 1. The summed E-state index contributed by atoms with van der Waals surface area (Å²) in [4.78, 5) is 24.0. The van der Waals surface area contributed by atoms with Gasteiger partial charge < -0.3 is 10.1 Å². The van der Waals surface area contributed by atoms with E-state index in [2.05, 4.69) is 11.4 Å². The predicted octanol–water partition coefficient (Wildman–Crippen LogP) is 3.69. The number of hydrogen-bond donors (Lipinski definition) is 1. The fourth-order valence-corrected chi connectivity index (χ4v) is 2.62. The summed E-state index contributed by atoms with van der Waals surface area (Å²) in [5.74, 6) is -1.51. The largest absolute Gasteiger partial charge is 0.449 e. The summed E-state index contributed by atoms with van der Waals surface area (Å²) in [6, 6.07) is 4.12. The van der Waals surface area contributed by atoms with Gasteiger partial charge in [-0.3, -0.25) is 4.79 Å². The van der Waals surface area contributed by atoms with E-state index in [4.69, 9.17) is 4.74 Å². The molecule has 2 rings (SSSR count). The molecule has 1 aliphatic carbocycles. The van der Waals surface area contributed by atoms with Gasteiger partial charge in [0.2, 0.25) is 0 Å². The van der Waals surface area contributed by atoms with Gasteiger partial charge in [-0.1, -0.05) is 17.7 Å². The van der Waals surface area contributed by atoms with Gasteiger partial charge >= 0.3 is 5.97 Å². The average Bonchev–Trinajstić information content (AvgIpc) is 2.58. The standard InChI is InChI=1S/C19H24FNO3/c1-13-8-9-16(12-17(13)20)19(23)24-14(2)18(22)21-11-10-15-6-4-3-5-7-15/h6,8-9,12,14H,3-5,7,10-11H2,1-2H3,(H,21,22)/t14-/m0/s1. The van der Waals surface area contributed by atoms with Crippen LogP contribution in [0.15, 0.2) is 29.8 Å². The lowest BCUT2D eigenvalue weighted by Gasteiger charge is -2.15. The maximum atomic E-state index is 13.5. The molecule has 0 saturated carbocycles. The van der Waals surface area contributed by atoms with Crippen molar-refractivity contribution < 1.29 is 18.7 Å². The van der Waals surface area contributed by atoms with Crippen LogP contribution in [0.3, 0.4) is 0 Å². The van der Waals surface area contributed by atoms with E-state index in [9.17, 15) is 14.0 Å². The normalized spacial score (nSPS) is 15.4. The summed E-state index contributed by atoms with van der Waals surface area (Å²) < 4.78 is 18.6. The molecule has 1 aromatic carbocycles. The first-order chi connectivity index (χ1) is 11.5. The molecule has 1 aliphatic rings. The lowest BCUT2D eigenvalue weighted by Crippen LogP contribution is -2.36. The van der Waals surface area contributed by atoms with Crippen molar-refractivity contribution in [3.8, 4) is 0 Å². The molecule has 1 atom stereocenters. The van der Waals surface area contributed by atoms with Crippen LogP contribution >= 0.6 is 0 Å². The van der Waals surface area contributed by atoms with Gasteiger partial charge in [0.15, 0.2) is 6.10 Å². The van der Waals surface area contributed by atoms with Gasteiger partial charge in [0, 0.05) is 6.54 Å². The van der Waals surface area contributed by atoms with Crippen molar-refractivity contribution in [3.05, 3.63) is 46.8 Å². The highest BCUT2D eigenvalue weighted by Gasteiger charge is 2.19. The molecule has 0 bridgehead atoms. The average molecular weight is 333 g/mol. The highest BCUT2D eigenvalue weighted by atomic mass is 19.1. The van der Waals surface area contributed by atoms with E-state index < -0.39 is 17.9 Å². The highest BCUT2D eigenvalue weighted by molar-refractivity contribution is 5.92. The SMILES string of the molecule is Cc1ccc(C(=O)O[C@@H](C)C(=O)NCCC2=CCCCC2)cc1F. The van der Waals surface area contributed by atoms with E-state index in [0.29, 0.717) is 12.1 Å². The molecule has 1 aromatic rings. The third-order valence-corrected chi connectivity index (χ3v) is 4.19. The minimum atomic E-state index is -0.915. The van der Waals surface area contributed by atoms with Crippen LogP contribution in [-0.2, 0) is 9.53 Å². The third kappa shape index (κ3) is 5.18. The highest BCUT2D eigenvalue weighted by Crippen LogP contribution is 2.19. The molecular weight excluding hydrogens is 309 g/mol. The van der Waals surface area contributed by atoms with Crippen molar-refractivity contribution >= 4 is 11.9 Å². The Kier molecular flexibility index (Phi) is 6.53. The number of ether oxygens (including phenoxy) is 1. The number of hydrogen-bond acceptors (Lipinski definition) is 3. The van der Waals surface area contributed by atoms with Crippen LogP contribution in [0.1, 0.15) is 54.9 Å². The van der Waals surface area contributed by atoms with E-state index in [1.54, 1.807) is 6.92 Å². The first kappa shape index (κ1) is 18.2. The number of aryl methyl sites for hydroxylation is 1. The van der Waals surface area contributed by atoms with Crippen molar-refractivity contribution in [3.63, 3.8) is 0 Å². The number of halogens is 1. The molecule has 130 valence electrons. The van der Waals surface area contributed by atoms with Gasteiger partial charge in [0.05, 0.1) is 5.56 Å². The number of amides is 1. The van der Waals surface area contributed by atoms with E-state index in [0.717, 1.165) is 25.3 Å². The van der Waals surface area contributed by atoms with Gasteiger partial charge in [-0.05, 0) is 63.6 Å². The van der Waals surface area contributed by atoms with E-state index >= 15 is 0 Å².